The zero-order valence-corrected chi connectivity index (χ0v) is 11.4. The van der Waals surface area contributed by atoms with Gasteiger partial charge < -0.3 is 5.32 Å². The van der Waals surface area contributed by atoms with E-state index in [1.165, 1.54) is 0 Å². The second kappa shape index (κ2) is 6.31. The number of carbonyl (C=O) groups excluding carboxylic acids is 1. The lowest BCUT2D eigenvalue weighted by Crippen LogP contribution is -2.25. The minimum atomic E-state index is -0.0554. The Bertz CT molecular complexity index is 528. The SMILES string of the molecule is O=C(NCCc1cccnc1)c1cccc(Br)c1. The minimum Gasteiger partial charge on any atom is -0.352 e. The van der Waals surface area contributed by atoms with E-state index < -0.39 is 0 Å². The molecule has 2 aromatic rings. The van der Waals surface area contributed by atoms with Crippen molar-refractivity contribution < 1.29 is 4.79 Å². The molecule has 3 nitrogen and oxygen atoms in total. The third-order valence-electron chi connectivity index (χ3n) is 2.51. The average Bonchev–Trinajstić information content (AvgIpc) is 2.40. The zero-order valence-electron chi connectivity index (χ0n) is 9.77. The van der Waals surface area contributed by atoms with E-state index in [9.17, 15) is 4.79 Å². The molecule has 1 N–H and O–H groups in total. The van der Waals surface area contributed by atoms with E-state index in [0.29, 0.717) is 12.1 Å². The maximum Gasteiger partial charge on any atom is 0.251 e. The lowest BCUT2D eigenvalue weighted by Gasteiger charge is -2.05. The van der Waals surface area contributed by atoms with Crippen molar-refractivity contribution in [3.05, 3.63) is 64.4 Å². The molecule has 2 rings (SSSR count). The number of benzene rings is 1. The molecule has 0 aliphatic carbocycles. The molecule has 0 atom stereocenters. The summed E-state index contributed by atoms with van der Waals surface area (Å²) in [6.07, 6.45) is 4.34. The largest absolute Gasteiger partial charge is 0.352 e. The third-order valence-corrected chi connectivity index (χ3v) is 3.00. The molecule has 0 radical (unpaired) electrons. The van der Waals surface area contributed by atoms with Crippen LogP contribution in [0.3, 0.4) is 0 Å². The number of rotatable bonds is 4. The summed E-state index contributed by atoms with van der Waals surface area (Å²) >= 11 is 3.35. The highest BCUT2D eigenvalue weighted by atomic mass is 79.9. The molecule has 18 heavy (non-hydrogen) atoms. The normalized spacial score (nSPS) is 10.1. The standard InChI is InChI=1S/C14H13BrN2O/c15-13-5-1-4-12(9-13)14(18)17-8-6-11-3-2-7-16-10-11/h1-5,7,9-10H,6,8H2,(H,17,18). The second-order valence-corrected chi connectivity index (χ2v) is 4.79. The van der Waals surface area contributed by atoms with Crippen molar-refractivity contribution in [1.82, 2.24) is 10.3 Å². The van der Waals surface area contributed by atoms with Crippen molar-refractivity contribution in [2.45, 2.75) is 6.42 Å². The first-order chi connectivity index (χ1) is 8.75. The van der Waals surface area contributed by atoms with Crippen molar-refractivity contribution in [3.63, 3.8) is 0 Å². The first-order valence-corrected chi connectivity index (χ1v) is 6.47. The Morgan fingerprint density at radius 3 is 2.89 bits per heavy atom. The number of halogens is 1. The number of pyridine rings is 1. The van der Waals surface area contributed by atoms with Crippen LogP contribution in [0.5, 0.6) is 0 Å². The lowest BCUT2D eigenvalue weighted by molar-refractivity contribution is 0.0954. The molecule has 92 valence electrons. The number of hydrogen-bond acceptors (Lipinski definition) is 2. The number of amides is 1. The summed E-state index contributed by atoms with van der Waals surface area (Å²) in [5.41, 5.74) is 1.78. The minimum absolute atomic E-state index is 0.0554. The van der Waals surface area contributed by atoms with Gasteiger partial charge in [-0.1, -0.05) is 28.1 Å². The summed E-state index contributed by atoms with van der Waals surface area (Å²) in [7, 11) is 0. The smallest absolute Gasteiger partial charge is 0.251 e. The van der Waals surface area contributed by atoms with Gasteiger partial charge in [0.1, 0.15) is 0 Å². The third kappa shape index (κ3) is 3.67. The van der Waals surface area contributed by atoms with Gasteiger partial charge in [0, 0.05) is 29.0 Å². The Hall–Kier alpha value is -1.68. The average molecular weight is 305 g/mol. The molecule has 0 aliphatic rings. The van der Waals surface area contributed by atoms with Gasteiger partial charge in [0.2, 0.25) is 0 Å². The summed E-state index contributed by atoms with van der Waals surface area (Å²) < 4.78 is 0.905. The van der Waals surface area contributed by atoms with Crippen LogP contribution in [0, 0.1) is 0 Å². The maximum atomic E-state index is 11.8. The molecule has 4 heteroatoms. The van der Waals surface area contributed by atoms with Crippen LogP contribution in [-0.4, -0.2) is 17.4 Å². The van der Waals surface area contributed by atoms with E-state index >= 15 is 0 Å². The monoisotopic (exact) mass is 304 g/mol. The van der Waals surface area contributed by atoms with Crippen LogP contribution in [0.15, 0.2) is 53.3 Å². The van der Waals surface area contributed by atoms with Crippen LogP contribution >= 0.6 is 15.9 Å². The quantitative estimate of drug-likeness (QED) is 0.944. The van der Waals surface area contributed by atoms with E-state index in [-0.39, 0.29) is 5.91 Å². The van der Waals surface area contributed by atoms with Gasteiger partial charge in [0.15, 0.2) is 0 Å². The van der Waals surface area contributed by atoms with Crippen LogP contribution in [0.4, 0.5) is 0 Å². The molecule has 1 amide bonds. The van der Waals surface area contributed by atoms with Gasteiger partial charge >= 0.3 is 0 Å². The molecule has 0 fully saturated rings. The molecule has 1 aromatic carbocycles. The lowest BCUT2D eigenvalue weighted by atomic mass is 10.2. The highest BCUT2D eigenvalue weighted by Gasteiger charge is 2.04. The number of nitrogens with zero attached hydrogens (tertiary/aromatic N) is 1. The Balaban J connectivity index is 1.86. The van der Waals surface area contributed by atoms with Crippen LogP contribution in [-0.2, 0) is 6.42 Å². The van der Waals surface area contributed by atoms with Crippen molar-refractivity contribution >= 4 is 21.8 Å². The fourth-order valence-electron chi connectivity index (χ4n) is 1.60. The van der Waals surface area contributed by atoms with Gasteiger partial charge in [-0.25, -0.2) is 0 Å². The summed E-state index contributed by atoms with van der Waals surface area (Å²) in [4.78, 5) is 15.9. The predicted octanol–water partition coefficient (Wildman–Crippen LogP) is 2.82. The molecular formula is C14H13BrN2O. The van der Waals surface area contributed by atoms with Crippen LogP contribution in [0.25, 0.3) is 0 Å². The van der Waals surface area contributed by atoms with Crippen molar-refractivity contribution in [2.75, 3.05) is 6.54 Å². The summed E-state index contributed by atoms with van der Waals surface area (Å²) in [6, 6.07) is 11.2. The first-order valence-electron chi connectivity index (χ1n) is 5.68. The fraction of sp³-hybridized carbons (Fsp3) is 0.143. The Labute approximate surface area is 114 Å². The highest BCUT2D eigenvalue weighted by molar-refractivity contribution is 9.10. The molecule has 0 saturated heterocycles. The predicted molar refractivity (Wildman–Crippen MR) is 74.4 cm³/mol. The van der Waals surface area contributed by atoms with Gasteiger partial charge in [-0.3, -0.25) is 9.78 Å². The summed E-state index contributed by atoms with van der Waals surface area (Å²) in [6.45, 7) is 0.608. The van der Waals surface area contributed by atoms with E-state index in [1.807, 2.05) is 30.5 Å². The summed E-state index contributed by atoms with van der Waals surface area (Å²) in [5, 5.41) is 2.89. The van der Waals surface area contributed by atoms with Crippen molar-refractivity contribution in [1.29, 1.82) is 0 Å². The van der Waals surface area contributed by atoms with E-state index in [2.05, 4.69) is 26.2 Å². The molecule has 1 aromatic heterocycles. The van der Waals surface area contributed by atoms with Gasteiger partial charge in [-0.2, -0.15) is 0 Å². The topological polar surface area (TPSA) is 42.0 Å². The zero-order chi connectivity index (χ0) is 12.8. The second-order valence-electron chi connectivity index (χ2n) is 3.88. The molecule has 0 saturated carbocycles. The van der Waals surface area contributed by atoms with Crippen LogP contribution < -0.4 is 5.32 Å². The van der Waals surface area contributed by atoms with Crippen LogP contribution in [0.1, 0.15) is 15.9 Å². The highest BCUT2D eigenvalue weighted by Crippen LogP contribution is 2.11. The summed E-state index contributed by atoms with van der Waals surface area (Å²) in [5.74, 6) is -0.0554. The van der Waals surface area contributed by atoms with Crippen molar-refractivity contribution in [2.24, 2.45) is 0 Å². The molecule has 0 unspecified atom stereocenters. The van der Waals surface area contributed by atoms with Crippen LogP contribution in [0.2, 0.25) is 0 Å². The Morgan fingerprint density at radius 2 is 2.17 bits per heavy atom. The molecule has 0 spiro atoms. The van der Waals surface area contributed by atoms with Crippen molar-refractivity contribution in [3.8, 4) is 0 Å². The number of nitrogens with one attached hydrogen (secondary N) is 1. The van der Waals surface area contributed by atoms with Gasteiger partial charge in [-0.05, 0) is 36.2 Å². The maximum absolute atomic E-state index is 11.8. The van der Waals surface area contributed by atoms with E-state index in [1.54, 1.807) is 18.3 Å². The molecule has 0 aliphatic heterocycles. The molecule has 1 heterocycles. The van der Waals surface area contributed by atoms with Gasteiger partial charge in [0.25, 0.3) is 5.91 Å². The first kappa shape index (κ1) is 12.8. The Kier molecular flexibility index (Phi) is 4.47. The molecular weight excluding hydrogens is 292 g/mol. The molecule has 0 bridgehead atoms. The fourth-order valence-corrected chi connectivity index (χ4v) is 2.00. The number of carbonyl (C=O) groups is 1. The number of hydrogen-bond donors (Lipinski definition) is 1. The number of aromatic nitrogens is 1. The Morgan fingerprint density at radius 1 is 1.28 bits per heavy atom. The van der Waals surface area contributed by atoms with Gasteiger partial charge in [-0.15, -0.1) is 0 Å². The van der Waals surface area contributed by atoms with Gasteiger partial charge in [0.05, 0.1) is 0 Å². The van der Waals surface area contributed by atoms with E-state index in [4.69, 9.17) is 0 Å². The van der Waals surface area contributed by atoms with E-state index in [0.717, 1.165) is 16.5 Å².